The Labute approximate surface area is 53.9 Å². The van der Waals surface area contributed by atoms with Crippen LogP contribution in [0.5, 0.6) is 0 Å². The van der Waals surface area contributed by atoms with Crippen molar-refractivity contribution in [2.24, 2.45) is 0 Å². The first-order chi connectivity index (χ1) is 3.98. The van der Waals surface area contributed by atoms with Crippen molar-refractivity contribution in [2.45, 2.75) is 32.8 Å². The Morgan fingerprint density at radius 2 is 2.11 bits per heavy atom. The maximum absolute atomic E-state index is 9.76. The van der Waals surface area contributed by atoms with Gasteiger partial charge >= 0.3 is 0 Å². The zero-order valence-corrected chi connectivity index (χ0v) is 5.88. The third kappa shape index (κ3) is 3.76. The zero-order valence-electron chi connectivity index (χ0n) is 5.88. The third-order valence-electron chi connectivity index (χ3n) is 1.17. The summed E-state index contributed by atoms with van der Waals surface area (Å²) < 4.78 is 0. The van der Waals surface area contributed by atoms with Gasteiger partial charge in [-0.25, -0.2) is 0 Å². The van der Waals surface area contributed by atoms with Gasteiger partial charge in [-0.05, 0) is 20.3 Å². The molecule has 0 atom stereocenters. The Morgan fingerprint density at radius 1 is 1.67 bits per heavy atom. The van der Waals surface area contributed by atoms with Gasteiger partial charge in [0.25, 0.3) is 5.09 Å². The Balaban J connectivity index is 3.71. The molecule has 4 heteroatoms. The summed E-state index contributed by atoms with van der Waals surface area (Å²) in [5, 5.41) is 9.00. The molecule has 0 heterocycles. The Bertz CT molecular complexity index is 111. The topological polar surface area (TPSA) is 52.4 Å². The molecule has 0 aliphatic rings. The van der Waals surface area contributed by atoms with Crippen LogP contribution in [0.3, 0.4) is 0 Å². The zero-order chi connectivity index (χ0) is 7.49. The molecule has 9 heavy (non-hydrogen) atoms. The van der Waals surface area contributed by atoms with Crippen LogP contribution in [0, 0.1) is 10.1 Å². The van der Waals surface area contributed by atoms with Crippen LogP contribution in [0.25, 0.3) is 0 Å². The summed E-state index contributed by atoms with van der Waals surface area (Å²) in [6, 6.07) is 0. The molecule has 0 aromatic heterocycles. The van der Waals surface area contributed by atoms with Crippen LogP contribution in [-0.2, 0) is 4.84 Å². The van der Waals surface area contributed by atoms with E-state index in [1.165, 1.54) is 0 Å². The van der Waals surface area contributed by atoms with Crippen LogP contribution in [0.4, 0.5) is 0 Å². The van der Waals surface area contributed by atoms with Crippen molar-refractivity contribution in [2.75, 3.05) is 0 Å². The lowest BCUT2D eigenvalue weighted by molar-refractivity contribution is -0.779. The van der Waals surface area contributed by atoms with Crippen LogP contribution in [0.15, 0.2) is 0 Å². The van der Waals surface area contributed by atoms with Crippen LogP contribution >= 0.6 is 0 Å². The first-order valence-electron chi connectivity index (χ1n) is 2.81. The lowest BCUT2D eigenvalue weighted by Gasteiger charge is -2.18. The second-order valence-electron chi connectivity index (χ2n) is 2.43. The highest BCUT2D eigenvalue weighted by atomic mass is 17.0. The lowest BCUT2D eigenvalue weighted by Crippen LogP contribution is -2.26. The van der Waals surface area contributed by atoms with Crippen molar-refractivity contribution >= 4 is 0 Å². The standard InChI is InChI=1S/C5H11NO3/c1-4-5(2,3)9-6(7)8/h4H2,1-3H3. The van der Waals surface area contributed by atoms with Gasteiger partial charge in [-0.2, -0.15) is 0 Å². The summed E-state index contributed by atoms with van der Waals surface area (Å²) in [5.41, 5.74) is -0.635. The molecule has 0 aliphatic carbocycles. The van der Waals surface area contributed by atoms with Crippen LogP contribution in [-0.4, -0.2) is 10.7 Å². The van der Waals surface area contributed by atoms with Crippen molar-refractivity contribution in [3.8, 4) is 0 Å². The highest BCUT2D eigenvalue weighted by molar-refractivity contribution is 4.61. The predicted octanol–water partition coefficient (Wildman–Crippen LogP) is 1.38. The van der Waals surface area contributed by atoms with E-state index in [0.717, 1.165) is 0 Å². The summed E-state index contributed by atoms with van der Waals surface area (Å²) in [7, 11) is 0. The summed E-state index contributed by atoms with van der Waals surface area (Å²) >= 11 is 0. The molecule has 0 saturated carbocycles. The molecule has 0 N–H and O–H groups in total. The molecule has 0 saturated heterocycles. The molecular formula is C5H11NO3. The fraction of sp³-hybridized carbons (Fsp3) is 1.00. The quantitative estimate of drug-likeness (QED) is 0.431. The van der Waals surface area contributed by atoms with Crippen LogP contribution in [0.1, 0.15) is 27.2 Å². The van der Waals surface area contributed by atoms with Crippen molar-refractivity contribution in [1.29, 1.82) is 0 Å². The third-order valence-corrected chi connectivity index (χ3v) is 1.17. The predicted molar refractivity (Wildman–Crippen MR) is 32.4 cm³/mol. The smallest absolute Gasteiger partial charge is 0.295 e. The van der Waals surface area contributed by atoms with Crippen LogP contribution < -0.4 is 0 Å². The first-order valence-corrected chi connectivity index (χ1v) is 2.81. The summed E-state index contributed by atoms with van der Waals surface area (Å²) in [6.07, 6.45) is 0.633. The Hall–Kier alpha value is -0.800. The molecule has 54 valence electrons. The molecule has 0 unspecified atom stereocenters. The lowest BCUT2D eigenvalue weighted by atomic mass is 10.1. The van der Waals surface area contributed by atoms with Gasteiger partial charge in [0.1, 0.15) is 5.60 Å². The largest absolute Gasteiger partial charge is 0.308 e. The second-order valence-corrected chi connectivity index (χ2v) is 2.43. The van der Waals surface area contributed by atoms with E-state index in [0.29, 0.717) is 6.42 Å². The molecule has 4 nitrogen and oxygen atoms in total. The Morgan fingerprint density at radius 3 is 2.22 bits per heavy atom. The molecule has 0 radical (unpaired) electrons. The van der Waals surface area contributed by atoms with Crippen molar-refractivity contribution < 1.29 is 9.92 Å². The minimum absolute atomic E-state index is 0.633. The summed E-state index contributed by atoms with van der Waals surface area (Å²) in [6.45, 7) is 5.19. The normalized spacial score (nSPS) is 11.0. The first kappa shape index (κ1) is 8.20. The van der Waals surface area contributed by atoms with Gasteiger partial charge in [0, 0.05) is 0 Å². The molecule has 0 bridgehead atoms. The average Bonchev–Trinajstić information content (AvgIpc) is 1.63. The molecule has 0 aliphatic heterocycles. The van der Waals surface area contributed by atoms with E-state index in [1.54, 1.807) is 13.8 Å². The maximum atomic E-state index is 9.76. The van der Waals surface area contributed by atoms with Gasteiger partial charge in [0.05, 0.1) is 0 Å². The fourth-order valence-electron chi connectivity index (χ4n) is 0.266. The monoisotopic (exact) mass is 133 g/mol. The van der Waals surface area contributed by atoms with E-state index in [9.17, 15) is 10.1 Å². The van der Waals surface area contributed by atoms with Crippen molar-refractivity contribution in [1.82, 2.24) is 0 Å². The van der Waals surface area contributed by atoms with E-state index >= 15 is 0 Å². The summed E-state index contributed by atoms with van der Waals surface area (Å²) in [5.74, 6) is 0. The average molecular weight is 133 g/mol. The minimum atomic E-state index is -0.760. The molecule has 0 aromatic rings. The second kappa shape index (κ2) is 2.66. The van der Waals surface area contributed by atoms with E-state index in [2.05, 4.69) is 4.84 Å². The van der Waals surface area contributed by atoms with E-state index in [1.807, 2.05) is 6.92 Å². The molecule has 0 spiro atoms. The van der Waals surface area contributed by atoms with E-state index in [4.69, 9.17) is 0 Å². The SMILES string of the molecule is CCC(C)(C)O[N+](=O)[O-]. The molecular weight excluding hydrogens is 122 g/mol. The minimum Gasteiger partial charge on any atom is -0.308 e. The van der Waals surface area contributed by atoms with Crippen molar-refractivity contribution in [3.05, 3.63) is 10.1 Å². The van der Waals surface area contributed by atoms with Gasteiger partial charge in [0.15, 0.2) is 0 Å². The number of hydrogen-bond acceptors (Lipinski definition) is 3. The molecule has 0 rings (SSSR count). The molecule has 0 amide bonds. The highest BCUT2D eigenvalue weighted by Crippen LogP contribution is 2.12. The van der Waals surface area contributed by atoms with Crippen molar-refractivity contribution in [3.63, 3.8) is 0 Å². The van der Waals surface area contributed by atoms with E-state index < -0.39 is 10.7 Å². The Kier molecular flexibility index (Phi) is 2.42. The fourth-order valence-corrected chi connectivity index (χ4v) is 0.266. The number of rotatable bonds is 3. The molecule has 0 aromatic carbocycles. The maximum Gasteiger partial charge on any atom is 0.295 e. The summed E-state index contributed by atoms with van der Waals surface area (Å²) in [4.78, 5) is 14.1. The van der Waals surface area contributed by atoms with Crippen LogP contribution in [0.2, 0.25) is 0 Å². The molecule has 0 fully saturated rings. The number of hydrogen-bond donors (Lipinski definition) is 0. The van der Waals surface area contributed by atoms with Gasteiger partial charge in [0.2, 0.25) is 0 Å². The van der Waals surface area contributed by atoms with Gasteiger partial charge in [-0.15, -0.1) is 10.1 Å². The van der Waals surface area contributed by atoms with Gasteiger partial charge < -0.3 is 4.84 Å². The van der Waals surface area contributed by atoms with Gasteiger partial charge in [-0.3, -0.25) is 0 Å². The van der Waals surface area contributed by atoms with Gasteiger partial charge in [-0.1, -0.05) is 6.92 Å². The highest BCUT2D eigenvalue weighted by Gasteiger charge is 2.18. The number of nitrogens with zero attached hydrogens (tertiary/aromatic N) is 1. The van der Waals surface area contributed by atoms with E-state index in [-0.39, 0.29) is 0 Å².